The number of rotatable bonds is 4. The summed E-state index contributed by atoms with van der Waals surface area (Å²) in [6.45, 7) is 2.22. The minimum atomic E-state index is 0.928. The molecule has 0 aromatic carbocycles. The average Bonchev–Trinajstić information content (AvgIpc) is 2.66. The highest BCUT2D eigenvalue weighted by atomic mass is 79.9. The van der Waals surface area contributed by atoms with E-state index in [2.05, 4.69) is 32.7 Å². The zero-order valence-electron chi connectivity index (χ0n) is 8.97. The highest BCUT2D eigenvalue weighted by molar-refractivity contribution is 9.10. The highest BCUT2D eigenvalue weighted by Gasteiger charge is 2.12. The molecule has 1 saturated carbocycles. The molecule has 1 aromatic heterocycles. The lowest BCUT2D eigenvalue weighted by atomic mass is 9.89. The van der Waals surface area contributed by atoms with Crippen LogP contribution in [0.4, 0.5) is 0 Å². The Morgan fingerprint density at radius 1 is 1.33 bits per heavy atom. The van der Waals surface area contributed by atoms with Crippen molar-refractivity contribution in [2.75, 3.05) is 6.54 Å². The Hall–Kier alpha value is 0.140. The summed E-state index contributed by atoms with van der Waals surface area (Å²) in [5, 5.41) is 5.72. The maximum atomic E-state index is 3.58. The van der Waals surface area contributed by atoms with E-state index in [0.717, 1.165) is 12.5 Å². The molecule has 3 heteroatoms. The van der Waals surface area contributed by atoms with Gasteiger partial charge < -0.3 is 5.32 Å². The second-order valence-corrected chi connectivity index (χ2v) is 6.18. The summed E-state index contributed by atoms with van der Waals surface area (Å²) in [6, 6.07) is 2.13. The Morgan fingerprint density at radius 2 is 2.13 bits per heavy atom. The lowest BCUT2D eigenvalue weighted by Crippen LogP contribution is -2.23. The van der Waals surface area contributed by atoms with E-state index < -0.39 is 0 Å². The maximum absolute atomic E-state index is 3.58. The summed E-state index contributed by atoms with van der Waals surface area (Å²) >= 11 is 5.39. The summed E-state index contributed by atoms with van der Waals surface area (Å²) < 4.78 is 1.25. The van der Waals surface area contributed by atoms with Gasteiger partial charge in [0.15, 0.2) is 0 Å². The van der Waals surface area contributed by atoms with Crippen LogP contribution in [0.2, 0.25) is 0 Å². The molecule has 0 unspecified atom stereocenters. The van der Waals surface area contributed by atoms with E-state index in [1.807, 2.05) is 11.3 Å². The van der Waals surface area contributed by atoms with Crippen LogP contribution in [0.15, 0.2) is 15.9 Å². The van der Waals surface area contributed by atoms with Crippen molar-refractivity contribution in [1.29, 1.82) is 0 Å². The summed E-state index contributed by atoms with van der Waals surface area (Å²) in [4.78, 5) is 1.42. The molecule has 0 aliphatic heterocycles. The van der Waals surface area contributed by atoms with E-state index in [1.54, 1.807) is 0 Å². The van der Waals surface area contributed by atoms with Crippen LogP contribution in [0.5, 0.6) is 0 Å². The fraction of sp³-hybridized carbons (Fsp3) is 0.667. The first kappa shape index (κ1) is 11.6. The third-order valence-electron chi connectivity index (χ3n) is 3.13. The predicted octanol–water partition coefficient (Wildman–Crippen LogP) is 4.18. The molecule has 0 radical (unpaired) electrons. The topological polar surface area (TPSA) is 12.0 Å². The molecule has 2 rings (SSSR count). The number of hydrogen-bond acceptors (Lipinski definition) is 2. The summed E-state index contributed by atoms with van der Waals surface area (Å²) in [5.74, 6) is 0.928. The number of halogens is 1. The zero-order valence-corrected chi connectivity index (χ0v) is 11.4. The Balaban J connectivity index is 1.68. The van der Waals surface area contributed by atoms with Gasteiger partial charge in [0, 0.05) is 15.9 Å². The van der Waals surface area contributed by atoms with Gasteiger partial charge in [-0.1, -0.05) is 19.3 Å². The summed E-state index contributed by atoms with van der Waals surface area (Å²) in [6.07, 6.45) is 7.19. The van der Waals surface area contributed by atoms with Gasteiger partial charge in [-0.2, -0.15) is 0 Å². The molecule has 15 heavy (non-hydrogen) atoms. The largest absolute Gasteiger partial charge is 0.312 e. The molecule has 1 nitrogen and oxygen atoms in total. The Kier molecular flexibility index (Phi) is 4.66. The van der Waals surface area contributed by atoms with E-state index in [-0.39, 0.29) is 0 Å². The van der Waals surface area contributed by atoms with Crippen molar-refractivity contribution in [1.82, 2.24) is 5.32 Å². The molecule has 1 heterocycles. The molecule has 0 saturated heterocycles. The molecule has 0 bridgehead atoms. The van der Waals surface area contributed by atoms with E-state index >= 15 is 0 Å². The van der Waals surface area contributed by atoms with Gasteiger partial charge in [-0.25, -0.2) is 0 Å². The van der Waals surface area contributed by atoms with Gasteiger partial charge in [-0.15, -0.1) is 11.3 Å². The van der Waals surface area contributed by atoms with Crippen LogP contribution in [0.25, 0.3) is 0 Å². The number of nitrogens with one attached hydrogen (secondary N) is 1. The van der Waals surface area contributed by atoms with E-state index in [9.17, 15) is 0 Å². The van der Waals surface area contributed by atoms with Crippen molar-refractivity contribution in [3.05, 3.63) is 20.8 Å². The van der Waals surface area contributed by atoms with E-state index in [1.165, 1.54) is 48.0 Å². The van der Waals surface area contributed by atoms with Crippen molar-refractivity contribution in [2.24, 2.45) is 5.92 Å². The first-order chi connectivity index (χ1) is 7.36. The second kappa shape index (κ2) is 6.02. The summed E-state index contributed by atoms with van der Waals surface area (Å²) in [5.41, 5.74) is 0. The summed E-state index contributed by atoms with van der Waals surface area (Å²) in [7, 11) is 0. The molecule has 84 valence electrons. The zero-order chi connectivity index (χ0) is 10.5. The van der Waals surface area contributed by atoms with Crippen LogP contribution in [0, 0.1) is 5.92 Å². The van der Waals surface area contributed by atoms with Gasteiger partial charge in [0.05, 0.1) is 0 Å². The third kappa shape index (κ3) is 3.58. The smallest absolute Gasteiger partial charge is 0.0327 e. The first-order valence-corrected chi connectivity index (χ1v) is 7.46. The lowest BCUT2D eigenvalue weighted by Gasteiger charge is -2.21. The molecule has 1 aliphatic carbocycles. The van der Waals surface area contributed by atoms with Gasteiger partial charge in [-0.05, 0) is 52.7 Å². The standard InChI is InChI=1S/C12H18BrNS/c13-11-6-7-15-12(11)9-14-8-10-4-2-1-3-5-10/h6-7,10,14H,1-5,8-9H2. The van der Waals surface area contributed by atoms with Gasteiger partial charge >= 0.3 is 0 Å². The molecule has 1 aromatic rings. The van der Waals surface area contributed by atoms with E-state index in [0.29, 0.717) is 0 Å². The number of hydrogen-bond donors (Lipinski definition) is 1. The fourth-order valence-corrected chi connectivity index (χ4v) is 3.69. The first-order valence-electron chi connectivity index (χ1n) is 5.79. The maximum Gasteiger partial charge on any atom is 0.0327 e. The molecule has 1 N–H and O–H groups in total. The second-order valence-electron chi connectivity index (χ2n) is 4.33. The normalized spacial score (nSPS) is 18.2. The quantitative estimate of drug-likeness (QED) is 0.876. The van der Waals surface area contributed by atoms with Crippen LogP contribution in [-0.4, -0.2) is 6.54 Å². The molecular weight excluding hydrogens is 270 g/mol. The monoisotopic (exact) mass is 287 g/mol. The minimum absolute atomic E-state index is 0.928. The van der Waals surface area contributed by atoms with Crippen molar-refractivity contribution in [2.45, 2.75) is 38.6 Å². The SMILES string of the molecule is Brc1ccsc1CNCC1CCCCC1. The lowest BCUT2D eigenvalue weighted by molar-refractivity contribution is 0.342. The van der Waals surface area contributed by atoms with Crippen LogP contribution in [0.3, 0.4) is 0 Å². The van der Waals surface area contributed by atoms with Crippen LogP contribution in [0.1, 0.15) is 37.0 Å². The van der Waals surface area contributed by atoms with Gasteiger partial charge in [0.2, 0.25) is 0 Å². The van der Waals surface area contributed by atoms with Gasteiger partial charge in [-0.3, -0.25) is 0 Å². The molecule has 0 amide bonds. The Labute approximate surface area is 104 Å². The van der Waals surface area contributed by atoms with Crippen LogP contribution >= 0.6 is 27.3 Å². The van der Waals surface area contributed by atoms with Crippen LogP contribution < -0.4 is 5.32 Å². The third-order valence-corrected chi connectivity index (χ3v) is 5.06. The van der Waals surface area contributed by atoms with Crippen molar-refractivity contribution >= 4 is 27.3 Å². The minimum Gasteiger partial charge on any atom is -0.312 e. The van der Waals surface area contributed by atoms with Crippen LogP contribution in [-0.2, 0) is 6.54 Å². The van der Waals surface area contributed by atoms with E-state index in [4.69, 9.17) is 0 Å². The Bertz CT molecular complexity index is 292. The average molecular weight is 288 g/mol. The predicted molar refractivity (Wildman–Crippen MR) is 70.3 cm³/mol. The van der Waals surface area contributed by atoms with Gasteiger partial charge in [0.25, 0.3) is 0 Å². The van der Waals surface area contributed by atoms with Gasteiger partial charge in [0.1, 0.15) is 0 Å². The molecule has 0 atom stereocenters. The molecular formula is C12H18BrNS. The molecule has 1 aliphatic rings. The molecule has 1 fully saturated rings. The van der Waals surface area contributed by atoms with Crippen molar-refractivity contribution in [3.63, 3.8) is 0 Å². The van der Waals surface area contributed by atoms with Crippen molar-refractivity contribution in [3.8, 4) is 0 Å². The fourth-order valence-electron chi connectivity index (χ4n) is 2.23. The van der Waals surface area contributed by atoms with Crippen molar-refractivity contribution < 1.29 is 0 Å². The Morgan fingerprint density at radius 3 is 2.80 bits per heavy atom. The highest BCUT2D eigenvalue weighted by Crippen LogP contribution is 2.24. The number of thiophene rings is 1. The molecule has 0 spiro atoms.